The molecule has 5 heteroatoms. The van der Waals surface area contributed by atoms with Crippen molar-refractivity contribution in [1.29, 1.82) is 0 Å². The lowest BCUT2D eigenvalue weighted by molar-refractivity contribution is -0.139. The summed E-state index contributed by atoms with van der Waals surface area (Å²) in [5.41, 5.74) is -0.149. The van der Waals surface area contributed by atoms with Gasteiger partial charge < -0.3 is 14.7 Å². The fourth-order valence-corrected chi connectivity index (χ4v) is 2.01. The number of methoxy groups -OCH3 is 1. The average molecular weight is 293 g/mol. The minimum Gasteiger partial charge on any atom is -0.481 e. The van der Waals surface area contributed by atoms with E-state index in [4.69, 9.17) is 9.84 Å². The Labute approximate surface area is 125 Å². The van der Waals surface area contributed by atoms with Gasteiger partial charge in [-0.05, 0) is 31.9 Å². The fourth-order valence-electron chi connectivity index (χ4n) is 2.01. The molecule has 0 spiro atoms. The maximum atomic E-state index is 12.8. The number of carboxylic acid groups (broad SMARTS) is 1. The predicted octanol–water partition coefficient (Wildman–Crippen LogP) is 2.70. The Hall–Kier alpha value is -1.88. The van der Waals surface area contributed by atoms with Crippen LogP contribution in [0.3, 0.4) is 0 Å². The first-order valence-corrected chi connectivity index (χ1v) is 7.08. The van der Waals surface area contributed by atoms with Gasteiger partial charge in [-0.15, -0.1) is 0 Å². The SMILES string of the molecule is CCC(C)(OC)C(=O)N(CCCC(=O)O)c1ccccc1. The summed E-state index contributed by atoms with van der Waals surface area (Å²) in [5.74, 6) is -1.01. The van der Waals surface area contributed by atoms with Gasteiger partial charge in [0.25, 0.3) is 5.91 Å². The number of rotatable bonds is 8. The zero-order chi connectivity index (χ0) is 15.9. The summed E-state index contributed by atoms with van der Waals surface area (Å²) in [4.78, 5) is 25.0. The molecule has 1 amide bonds. The third-order valence-electron chi connectivity index (χ3n) is 3.66. The number of aliphatic carboxylic acids is 1. The first-order chi connectivity index (χ1) is 9.94. The maximum Gasteiger partial charge on any atom is 0.303 e. The number of para-hydroxylation sites is 1. The second kappa shape index (κ2) is 7.78. The molecular weight excluding hydrogens is 270 g/mol. The van der Waals surface area contributed by atoms with Crippen LogP contribution in [-0.4, -0.2) is 36.2 Å². The summed E-state index contributed by atoms with van der Waals surface area (Å²) in [7, 11) is 1.52. The van der Waals surface area contributed by atoms with Gasteiger partial charge in [0.1, 0.15) is 5.60 Å². The first kappa shape index (κ1) is 17.2. The van der Waals surface area contributed by atoms with Gasteiger partial charge >= 0.3 is 5.97 Å². The minimum atomic E-state index is -0.904. The van der Waals surface area contributed by atoms with E-state index in [1.54, 1.807) is 11.8 Å². The number of benzene rings is 1. The molecule has 0 heterocycles. The second-order valence-corrected chi connectivity index (χ2v) is 5.08. The van der Waals surface area contributed by atoms with E-state index in [-0.39, 0.29) is 12.3 Å². The van der Waals surface area contributed by atoms with Crippen LogP contribution in [0.15, 0.2) is 30.3 Å². The van der Waals surface area contributed by atoms with Crippen LogP contribution in [0.1, 0.15) is 33.1 Å². The van der Waals surface area contributed by atoms with Crippen LogP contribution in [0, 0.1) is 0 Å². The van der Waals surface area contributed by atoms with Crippen molar-refractivity contribution >= 4 is 17.6 Å². The minimum absolute atomic E-state index is 0.0342. The van der Waals surface area contributed by atoms with Gasteiger partial charge in [0.05, 0.1) is 0 Å². The monoisotopic (exact) mass is 293 g/mol. The number of carbonyl (C=O) groups excluding carboxylic acids is 1. The van der Waals surface area contributed by atoms with E-state index in [9.17, 15) is 9.59 Å². The molecule has 0 aliphatic carbocycles. The van der Waals surface area contributed by atoms with Crippen LogP contribution in [0.5, 0.6) is 0 Å². The highest BCUT2D eigenvalue weighted by Gasteiger charge is 2.35. The van der Waals surface area contributed by atoms with E-state index < -0.39 is 11.6 Å². The zero-order valence-corrected chi connectivity index (χ0v) is 12.8. The van der Waals surface area contributed by atoms with Crippen LogP contribution in [0.4, 0.5) is 5.69 Å². The number of amides is 1. The normalized spacial score (nSPS) is 13.5. The molecular formula is C16H23NO4. The molecule has 1 aromatic rings. The second-order valence-electron chi connectivity index (χ2n) is 5.08. The van der Waals surface area contributed by atoms with Crippen molar-refractivity contribution in [2.24, 2.45) is 0 Å². The molecule has 0 fully saturated rings. The lowest BCUT2D eigenvalue weighted by Crippen LogP contribution is -2.48. The number of nitrogens with zero attached hydrogens (tertiary/aromatic N) is 1. The molecule has 0 radical (unpaired) electrons. The van der Waals surface area contributed by atoms with E-state index in [1.807, 2.05) is 37.3 Å². The molecule has 1 aromatic carbocycles. The van der Waals surface area contributed by atoms with E-state index >= 15 is 0 Å². The van der Waals surface area contributed by atoms with Crippen LogP contribution < -0.4 is 4.90 Å². The topological polar surface area (TPSA) is 66.8 Å². The number of hydrogen-bond donors (Lipinski definition) is 1. The van der Waals surface area contributed by atoms with Crippen molar-refractivity contribution in [3.63, 3.8) is 0 Å². The highest BCUT2D eigenvalue weighted by atomic mass is 16.5. The van der Waals surface area contributed by atoms with Crippen LogP contribution in [0.2, 0.25) is 0 Å². The summed E-state index contributed by atoms with van der Waals surface area (Å²) in [6.45, 7) is 4.00. The number of anilines is 1. The lowest BCUT2D eigenvalue weighted by atomic mass is 10.0. The molecule has 0 saturated carbocycles. The average Bonchev–Trinajstić information content (AvgIpc) is 2.50. The Morgan fingerprint density at radius 3 is 2.38 bits per heavy atom. The molecule has 0 saturated heterocycles. The summed E-state index contributed by atoms with van der Waals surface area (Å²) in [5, 5.41) is 8.76. The van der Waals surface area contributed by atoms with Gasteiger partial charge in [-0.3, -0.25) is 9.59 Å². The van der Waals surface area contributed by atoms with Crippen molar-refractivity contribution in [2.75, 3.05) is 18.6 Å². The van der Waals surface area contributed by atoms with E-state index in [1.165, 1.54) is 7.11 Å². The Morgan fingerprint density at radius 1 is 1.29 bits per heavy atom. The van der Waals surface area contributed by atoms with Crippen LogP contribution >= 0.6 is 0 Å². The van der Waals surface area contributed by atoms with Crippen molar-refractivity contribution in [3.8, 4) is 0 Å². The number of carbonyl (C=O) groups is 2. The Kier molecular flexibility index (Phi) is 6.37. The van der Waals surface area contributed by atoms with Crippen LogP contribution in [-0.2, 0) is 14.3 Å². The van der Waals surface area contributed by atoms with Gasteiger partial charge in [-0.1, -0.05) is 25.1 Å². The Morgan fingerprint density at radius 2 is 1.90 bits per heavy atom. The number of hydrogen-bond acceptors (Lipinski definition) is 3. The third kappa shape index (κ3) is 4.56. The smallest absolute Gasteiger partial charge is 0.303 e. The van der Waals surface area contributed by atoms with Crippen molar-refractivity contribution in [1.82, 2.24) is 0 Å². The highest BCUT2D eigenvalue weighted by molar-refractivity contribution is 5.99. The summed E-state index contributed by atoms with van der Waals surface area (Å²) >= 11 is 0. The molecule has 21 heavy (non-hydrogen) atoms. The molecule has 0 aromatic heterocycles. The largest absolute Gasteiger partial charge is 0.481 e. The molecule has 1 atom stereocenters. The molecule has 116 valence electrons. The number of carboxylic acids is 1. The lowest BCUT2D eigenvalue weighted by Gasteiger charge is -2.33. The zero-order valence-electron chi connectivity index (χ0n) is 12.8. The fraction of sp³-hybridized carbons (Fsp3) is 0.500. The Bertz CT molecular complexity index is 468. The van der Waals surface area contributed by atoms with E-state index in [0.29, 0.717) is 19.4 Å². The molecule has 1 N–H and O–H groups in total. The van der Waals surface area contributed by atoms with Gasteiger partial charge in [-0.25, -0.2) is 0 Å². The molecule has 0 bridgehead atoms. The van der Waals surface area contributed by atoms with Crippen molar-refractivity contribution < 1.29 is 19.4 Å². The van der Waals surface area contributed by atoms with E-state index in [2.05, 4.69) is 0 Å². The molecule has 5 nitrogen and oxygen atoms in total. The van der Waals surface area contributed by atoms with Gasteiger partial charge in [0.15, 0.2) is 0 Å². The van der Waals surface area contributed by atoms with Crippen LogP contribution in [0.25, 0.3) is 0 Å². The quantitative estimate of drug-likeness (QED) is 0.800. The van der Waals surface area contributed by atoms with Crippen molar-refractivity contribution in [3.05, 3.63) is 30.3 Å². The predicted molar refractivity (Wildman–Crippen MR) is 81.4 cm³/mol. The molecule has 1 rings (SSSR count). The molecule has 1 unspecified atom stereocenters. The Balaban J connectivity index is 2.96. The summed E-state index contributed by atoms with van der Waals surface area (Å²) in [6, 6.07) is 9.25. The maximum absolute atomic E-state index is 12.8. The van der Waals surface area contributed by atoms with Gasteiger partial charge in [0, 0.05) is 25.8 Å². The van der Waals surface area contributed by atoms with Gasteiger partial charge in [0.2, 0.25) is 0 Å². The highest BCUT2D eigenvalue weighted by Crippen LogP contribution is 2.23. The van der Waals surface area contributed by atoms with Crippen molar-refractivity contribution in [2.45, 2.75) is 38.7 Å². The summed E-state index contributed by atoms with van der Waals surface area (Å²) < 4.78 is 5.37. The molecule has 0 aliphatic heterocycles. The van der Waals surface area contributed by atoms with E-state index in [0.717, 1.165) is 5.69 Å². The first-order valence-electron chi connectivity index (χ1n) is 7.08. The summed E-state index contributed by atoms with van der Waals surface area (Å²) in [6.07, 6.45) is 0.983. The standard InChI is InChI=1S/C16H23NO4/c1-4-16(2,21-3)15(20)17(12-8-11-14(18)19)13-9-6-5-7-10-13/h5-7,9-10H,4,8,11-12H2,1-3H3,(H,18,19). The third-order valence-corrected chi connectivity index (χ3v) is 3.66. The number of ether oxygens (including phenoxy) is 1. The van der Waals surface area contributed by atoms with Gasteiger partial charge in [-0.2, -0.15) is 0 Å². The molecule has 0 aliphatic rings.